The summed E-state index contributed by atoms with van der Waals surface area (Å²) in [6.45, 7) is 3.69. The molecule has 1 spiro atoms. The molecule has 0 aromatic heterocycles. The van der Waals surface area contributed by atoms with Crippen molar-refractivity contribution in [2.75, 3.05) is 5.06 Å². The molecule has 2 aliphatic carbocycles. The minimum atomic E-state index is -1.38. The van der Waals surface area contributed by atoms with Gasteiger partial charge in [-0.3, -0.25) is 9.63 Å². The van der Waals surface area contributed by atoms with Gasteiger partial charge in [-0.15, -0.1) is 0 Å². The maximum Gasteiger partial charge on any atom is 0.342 e. The van der Waals surface area contributed by atoms with E-state index in [4.69, 9.17) is 21.2 Å². The molecule has 7 atom stereocenters. The monoisotopic (exact) mass is 493 g/mol. The van der Waals surface area contributed by atoms with Gasteiger partial charge in [0.05, 0.1) is 17.1 Å². The van der Waals surface area contributed by atoms with E-state index in [9.17, 15) is 14.7 Å². The van der Waals surface area contributed by atoms with Crippen molar-refractivity contribution in [2.45, 2.75) is 56.5 Å². The molecule has 1 saturated carbocycles. The van der Waals surface area contributed by atoms with Crippen LogP contribution in [0.5, 0.6) is 0 Å². The predicted octanol–water partition coefficient (Wildman–Crippen LogP) is 4.81. The number of nitrogens with zero attached hydrogens (tertiary/aromatic N) is 1. The molecule has 2 aromatic carbocycles. The van der Waals surface area contributed by atoms with E-state index in [1.165, 1.54) is 6.08 Å². The van der Waals surface area contributed by atoms with Crippen LogP contribution in [0.25, 0.3) is 0 Å². The summed E-state index contributed by atoms with van der Waals surface area (Å²) >= 11 is 6.33. The summed E-state index contributed by atoms with van der Waals surface area (Å²) in [6, 6.07) is 16.9. The number of halogens is 1. The third-order valence-corrected chi connectivity index (χ3v) is 9.13. The molecule has 2 heterocycles. The van der Waals surface area contributed by atoms with Gasteiger partial charge in [-0.05, 0) is 67.7 Å². The molecule has 0 bridgehead atoms. The number of aliphatic hydroxyl groups is 1. The van der Waals surface area contributed by atoms with Crippen molar-refractivity contribution in [1.82, 2.24) is 0 Å². The van der Waals surface area contributed by atoms with Crippen LogP contribution in [0.3, 0.4) is 0 Å². The lowest BCUT2D eigenvalue weighted by atomic mass is 9.63. The van der Waals surface area contributed by atoms with E-state index < -0.39 is 34.6 Å². The number of hydrogen-bond acceptors (Lipinski definition) is 6. The molecule has 1 N–H and O–H groups in total. The van der Waals surface area contributed by atoms with Crippen LogP contribution in [0.4, 0.5) is 5.69 Å². The molecule has 1 unspecified atom stereocenters. The van der Waals surface area contributed by atoms with Crippen LogP contribution >= 0.6 is 11.6 Å². The third kappa shape index (κ3) is 2.97. The molecule has 6 rings (SSSR count). The maximum absolute atomic E-state index is 13.7. The Morgan fingerprint density at radius 2 is 1.86 bits per heavy atom. The number of allylic oxidation sites excluding steroid dienone is 1. The largest absolute Gasteiger partial charge is 0.459 e. The zero-order valence-electron chi connectivity index (χ0n) is 19.7. The highest BCUT2D eigenvalue weighted by Gasteiger charge is 2.74. The van der Waals surface area contributed by atoms with Gasteiger partial charge in [0.25, 0.3) is 0 Å². The molecule has 2 saturated heterocycles. The van der Waals surface area contributed by atoms with Crippen molar-refractivity contribution >= 4 is 29.0 Å². The molecule has 0 radical (unpaired) electrons. The van der Waals surface area contributed by atoms with E-state index in [2.05, 4.69) is 0 Å². The Kier molecular flexibility index (Phi) is 4.99. The number of carbonyl (C=O) groups is 2. The highest BCUT2D eigenvalue weighted by molar-refractivity contribution is 6.30. The Morgan fingerprint density at radius 3 is 2.60 bits per heavy atom. The first-order valence-electron chi connectivity index (χ1n) is 12.2. The molecule has 35 heavy (non-hydrogen) atoms. The zero-order chi connectivity index (χ0) is 24.6. The van der Waals surface area contributed by atoms with Crippen LogP contribution in [0.2, 0.25) is 5.02 Å². The summed E-state index contributed by atoms with van der Waals surface area (Å²) < 4.78 is 6.04. The summed E-state index contributed by atoms with van der Waals surface area (Å²) in [5.41, 5.74) is -2.17. The summed E-state index contributed by atoms with van der Waals surface area (Å²) in [6.07, 6.45) is 3.84. The van der Waals surface area contributed by atoms with Gasteiger partial charge in [0.2, 0.25) is 5.60 Å². The average Bonchev–Trinajstić information content (AvgIpc) is 3.45. The molecule has 182 valence electrons. The Balaban J connectivity index is 1.46. The molecular weight excluding hydrogens is 466 g/mol. The second kappa shape index (κ2) is 7.66. The number of ketones is 1. The number of para-hydroxylation sites is 1. The van der Waals surface area contributed by atoms with Crippen LogP contribution in [0.1, 0.15) is 44.7 Å². The number of fused-ring (bicyclic) bond motifs is 4. The van der Waals surface area contributed by atoms with Gasteiger partial charge in [-0.1, -0.05) is 48.9 Å². The molecule has 4 aliphatic rings. The first-order valence-corrected chi connectivity index (χ1v) is 12.5. The highest BCUT2D eigenvalue weighted by atomic mass is 35.5. The Hall–Kier alpha value is -2.67. The molecular formula is C28H28ClNO5. The molecule has 3 fully saturated rings. The summed E-state index contributed by atoms with van der Waals surface area (Å²) in [5.74, 6) is -1.25. The third-order valence-electron chi connectivity index (χ3n) is 8.89. The number of hydroxylamine groups is 1. The predicted molar refractivity (Wildman–Crippen MR) is 131 cm³/mol. The van der Waals surface area contributed by atoms with Crippen molar-refractivity contribution in [3.05, 3.63) is 77.3 Å². The van der Waals surface area contributed by atoms with Gasteiger partial charge >= 0.3 is 5.97 Å². The van der Waals surface area contributed by atoms with E-state index in [0.29, 0.717) is 24.3 Å². The number of esters is 1. The fourth-order valence-corrected chi connectivity index (χ4v) is 7.00. The van der Waals surface area contributed by atoms with Gasteiger partial charge in [0, 0.05) is 17.4 Å². The van der Waals surface area contributed by atoms with Gasteiger partial charge < -0.3 is 9.84 Å². The SMILES string of the molecule is C[C@H]1CC[C@@H]2[C@@H](OC(=O)[C@]23CC(c2cccc(Cl)c2)N(c2ccccc2)O3)[C@]2(C)C(=O)C=C[C@@]12O. The molecule has 0 amide bonds. The van der Waals surface area contributed by atoms with Gasteiger partial charge in [0.1, 0.15) is 11.7 Å². The number of ether oxygens (including phenoxy) is 1. The van der Waals surface area contributed by atoms with Crippen LogP contribution < -0.4 is 5.06 Å². The lowest BCUT2D eigenvalue weighted by molar-refractivity contribution is -0.169. The summed E-state index contributed by atoms with van der Waals surface area (Å²) in [5, 5.41) is 14.1. The molecule has 2 aliphatic heterocycles. The first-order chi connectivity index (χ1) is 16.7. The van der Waals surface area contributed by atoms with E-state index in [0.717, 1.165) is 11.3 Å². The van der Waals surface area contributed by atoms with Crippen molar-refractivity contribution in [1.29, 1.82) is 0 Å². The van der Waals surface area contributed by atoms with Crippen LogP contribution in [0.15, 0.2) is 66.7 Å². The number of benzene rings is 2. The second-order valence-corrected chi connectivity index (χ2v) is 11.0. The van der Waals surface area contributed by atoms with Crippen molar-refractivity contribution < 1.29 is 24.3 Å². The standard InChI is InChI=1S/C28H28ClNO5/c1-17-11-12-21-24(26(2)23(31)13-14-28(17,26)33)34-25(32)27(21)16-22(18-7-6-8-19(29)15-18)30(35-27)20-9-4-3-5-10-20/h3-10,13-15,17,21-22,24,33H,11-12,16H2,1-2H3/t17-,21+,22?,24+,26-,27-,28+/m0/s1. The molecule has 7 heteroatoms. The van der Waals surface area contributed by atoms with Gasteiger partial charge in [0.15, 0.2) is 5.78 Å². The maximum atomic E-state index is 13.7. The minimum Gasteiger partial charge on any atom is -0.459 e. The van der Waals surface area contributed by atoms with Crippen molar-refractivity contribution in [3.63, 3.8) is 0 Å². The smallest absolute Gasteiger partial charge is 0.342 e. The number of anilines is 1. The fraction of sp³-hybridized carbons (Fsp3) is 0.429. The number of hydrogen-bond donors (Lipinski definition) is 1. The quantitative estimate of drug-likeness (QED) is 0.605. The summed E-state index contributed by atoms with van der Waals surface area (Å²) in [7, 11) is 0. The fourth-order valence-electron chi connectivity index (χ4n) is 6.80. The number of carbonyl (C=O) groups excluding carboxylic acids is 2. The van der Waals surface area contributed by atoms with Gasteiger partial charge in [-0.2, -0.15) is 0 Å². The Morgan fingerprint density at radius 1 is 1.09 bits per heavy atom. The number of rotatable bonds is 2. The van der Waals surface area contributed by atoms with E-state index in [1.807, 2.05) is 61.5 Å². The minimum absolute atomic E-state index is 0.174. The second-order valence-electron chi connectivity index (χ2n) is 10.6. The first kappa shape index (κ1) is 22.8. The Labute approximate surface area is 209 Å². The van der Waals surface area contributed by atoms with E-state index in [1.54, 1.807) is 18.1 Å². The zero-order valence-corrected chi connectivity index (χ0v) is 20.4. The van der Waals surface area contributed by atoms with Crippen molar-refractivity contribution in [2.24, 2.45) is 17.3 Å². The normalized spacial score (nSPS) is 40.1. The topological polar surface area (TPSA) is 76.1 Å². The van der Waals surface area contributed by atoms with Crippen LogP contribution in [0, 0.1) is 17.3 Å². The Bertz CT molecular complexity index is 1230. The van der Waals surface area contributed by atoms with E-state index >= 15 is 0 Å². The van der Waals surface area contributed by atoms with E-state index in [-0.39, 0.29) is 17.7 Å². The lowest BCUT2D eigenvalue weighted by Crippen LogP contribution is -2.57. The highest BCUT2D eigenvalue weighted by Crippen LogP contribution is 2.61. The average molecular weight is 494 g/mol. The molecule has 2 aromatic rings. The van der Waals surface area contributed by atoms with Crippen molar-refractivity contribution in [3.8, 4) is 0 Å². The van der Waals surface area contributed by atoms with Gasteiger partial charge in [-0.25, -0.2) is 9.86 Å². The van der Waals surface area contributed by atoms with Crippen LogP contribution in [-0.4, -0.2) is 34.2 Å². The molecule has 6 nitrogen and oxygen atoms in total. The lowest BCUT2D eigenvalue weighted by Gasteiger charge is -2.43. The summed E-state index contributed by atoms with van der Waals surface area (Å²) in [4.78, 5) is 33.5. The van der Waals surface area contributed by atoms with Crippen LogP contribution in [-0.2, 0) is 19.2 Å².